The van der Waals surface area contributed by atoms with Crippen LogP contribution in [0.2, 0.25) is 0 Å². The number of benzene rings is 1. The first-order valence-electron chi connectivity index (χ1n) is 5.42. The molecule has 0 aliphatic heterocycles. The highest BCUT2D eigenvalue weighted by Crippen LogP contribution is 2.28. The Balaban J connectivity index is 1.99. The minimum Gasteiger partial charge on any atom is -0.332 e. The summed E-state index contributed by atoms with van der Waals surface area (Å²) in [6, 6.07) is 8.18. The number of aromatic nitrogens is 3. The lowest BCUT2D eigenvalue weighted by molar-refractivity contribution is 0.920. The molecule has 0 saturated heterocycles. The lowest BCUT2D eigenvalue weighted by Crippen LogP contribution is -1.88. The minimum atomic E-state index is 0.993. The molecule has 3 nitrogen and oxygen atoms in total. The Labute approximate surface area is 117 Å². The van der Waals surface area contributed by atoms with Gasteiger partial charge >= 0.3 is 0 Å². The van der Waals surface area contributed by atoms with Crippen molar-refractivity contribution in [1.82, 2.24) is 14.5 Å². The number of nitrogens with zero attached hydrogens (tertiary/aromatic N) is 3. The first kappa shape index (κ1) is 11.6. The molecule has 0 N–H and O–H groups in total. The summed E-state index contributed by atoms with van der Waals surface area (Å²) >= 11 is 5.07. The van der Waals surface area contributed by atoms with Crippen molar-refractivity contribution in [2.45, 2.75) is 0 Å². The Kier molecular flexibility index (Phi) is 3.01. The van der Waals surface area contributed by atoms with Crippen LogP contribution in [0.15, 0.2) is 46.6 Å². The van der Waals surface area contributed by atoms with Gasteiger partial charge in [0.1, 0.15) is 5.01 Å². The molecule has 3 rings (SSSR count). The third kappa shape index (κ3) is 2.11. The number of aryl methyl sites for hydroxylation is 1. The van der Waals surface area contributed by atoms with E-state index in [-0.39, 0.29) is 0 Å². The molecule has 2 aromatic heterocycles. The number of imidazole rings is 1. The van der Waals surface area contributed by atoms with Crippen LogP contribution in [0.5, 0.6) is 0 Å². The van der Waals surface area contributed by atoms with E-state index in [1.807, 2.05) is 29.9 Å². The lowest BCUT2D eigenvalue weighted by atomic mass is 10.2. The van der Waals surface area contributed by atoms with Gasteiger partial charge in [-0.15, -0.1) is 11.3 Å². The van der Waals surface area contributed by atoms with Crippen molar-refractivity contribution in [3.63, 3.8) is 0 Å². The van der Waals surface area contributed by atoms with Gasteiger partial charge in [0.25, 0.3) is 0 Å². The quantitative estimate of drug-likeness (QED) is 0.715. The van der Waals surface area contributed by atoms with E-state index in [9.17, 15) is 0 Å². The van der Waals surface area contributed by atoms with Crippen LogP contribution in [0.1, 0.15) is 0 Å². The number of halogens is 1. The van der Waals surface area contributed by atoms with E-state index in [2.05, 4.69) is 43.4 Å². The van der Waals surface area contributed by atoms with E-state index in [0.29, 0.717) is 0 Å². The average Bonchev–Trinajstić information content (AvgIpc) is 2.98. The van der Waals surface area contributed by atoms with Gasteiger partial charge in [0.2, 0.25) is 0 Å². The van der Waals surface area contributed by atoms with Crippen LogP contribution in [0.4, 0.5) is 0 Å². The molecule has 2 heterocycles. The predicted octanol–water partition coefficient (Wildman–Crippen LogP) is 3.97. The Bertz CT molecular complexity index is 670. The maximum Gasteiger partial charge on any atom is 0.142 e. The first-order chi connectivity index (χ1) is 8.74. The van der Waals surface area contributed by atoms with Crippen molar-refractivity contribution in [1.29, 1.82) is 0 Å². The summed E-state index contributed by atoms with van der Waals surface area (Å²) in [6.45, 7) is 0. The van der Waals surface area contributed by atoms with Gasteiger partial charge in [-0.1, -0.05) is 28.1 Å². The molecule has 1 aromatic carbocycles. The molecule has 0 radical (unpaired) electrons. The molecular formula is C13H10BrN3S. The summed E-state index contributed by atoms with van der Waals surface area (Å²) in [5.74, 6) is 0. The largest absolute Gasteiger partial charge is 0.332 e. The highest BCUT2D eigenvalue weighted by atomic mass is 79.9. The molecule has 0 aliphatic carbocycles. The molecule has 0 spiro atoms. The van der Waals surface area contributed by atoms with Crippen LogP contribution in [0.3, 0.4) is 0 Å². The molecule has 0 atom stereocenters. The highest BCUT2D eigenvalue weighted by molar-refractivity contribution is 9.10. The van der Waals surface area contributed by atoms with Gasteiger partial charge in [-0.05, 0) is 12.1 Å². The fraction of sp³-hybridized carbons (Fsp3) is 0.0769. The Morgan fingerprint density at radius 2 is 2.00 bits per heavy atom. The molecule has 0 fully saturated rings. The Morgan fingerprint density at radius 1 is 1.22 bits per heavy atom. The monoisotopic (exact) mass is 319 g/mol. The van der Waals surface area contributed by atoms with Crippen molar-refractivity contribution in [3.05, 3.63) is 46.6 Å². The molecular weight excluding hydrogens is 310 g/mol. The van der Waals surface area contributed by atoms with Gasteiger partial charge in [-0.2, -0.15) is 0 Å². The summed E-state index contributed by atoms with van der Waals surface area (Å²) in [7, 11) is 1.98. The van der Waals surface area contributed by atoms with Crippen molar-refractivity contribution in [2.75, 3.05) is 0 Å². The van der Waals surface area contributed by atoms with Crippen LogP contribution in [0, 0.1) is 0 Å². The van der Waals surface area contributed by atoms with Crippen LogP contribution in [-0.4, -0.2) is 14.5 Å². The molecule has 90 valence electrons. The Hall–Kier alpha value is -1.46. The zero-order valence-corrected chi connectivity index (χ0v) is 12.1. The predicted molar refractivity (Wildman–Crippen MR) is 77.5 cm³/mol. The van der Waals surface area contributed by atoms with Crippen LogP contribution in [0.25, 0.3) is 22.0 Å². The van der Waals surface area contributed by atoms with E-state index in [1.54, 1.807) is 17.7 Å². The van der Waals surface area contributed by atoms with Crippen LogP contribution < -0.4 is 0 Å². The molecule has 3 aromatic rings. The third-order valence-electron chi connectivity index (χ3n) is 2.68. The minimum absolute atomic E-state index is 0.993. The van der Waals surface area contributed by atoms with Crippen molar-refractivity contribution < 1.29 is 0 Å². The van der Waals surface area contributed by atoms with Gasteiger partial charge in [-0.25, -0.2) is 9.97 Å². The van der Waals surface area contributed by atoms with Crippen molar-refractivity contribution in [3.8, 4) is 22.0 Å². The van der Waals surface area contributed by atoms with Gasteiger partial charge in [-0.3, -0.25) is 0 Å². The maximum absolute atomic E-state index is 4.66. The normalized spacial score (nSPS) is 10.8. The van der Waals surface area contributed by atoms with Crippen molar-refractivity contribution >= 4 is 27.3 Å². The topological polar surface area (TPSA) is 30.7 Å². The number of rotatable bonds is 2. The third-order valence-corrected chi connectivity index (χ3v) is 4.07. The van der Waals surface area contributed by atoms with E-state index in [1.165, 1.54) is 0 Å². The Morgan fingerprint density at radius 3 is 2.67 bits per heavy atom. The molecule has 0 aliphatic rings. The fourth-order valence-electron chi connectivity index (χ4n) is 1.71. The smallest absolute Gasteiger partial charge is 0.142 e. The van der Waals surface area contributed by atoms with E-state index < -0.39 is 0 Å². The molecule has 0 amide bonds. The second-order valence-corrected chi connectivity index (χ2v) is 5.71. The zero-order valence-electron chi connectivity index (χ0n) is 9.67. The number of thiazole rings is 1. The summed E-state index contributed by atoms with van der Waals surface area (Å²) in [5.41, 5.74) is 3.18. The number of hydrogen-bond acceptors (Lipinski definition) is 3. The summed E-state index contributed by atoms with van der Waals surface area (Å²) in [4.78, 5) is 8.77. The second-order valence-electron chi connectivity index (χ2n) is 3.93. The molecule has 0 bridgehead atoms. The second kappa shape index (κ2) is 4.66. The van der Waals surface area contributed by atoms with E-state index in [0.717, 1.165) is 26.4 Å². The van der Waals surface area contributed by atoms with Gasteiger partial charge in [0, 0.05) is 22.5 Å². The molecule has 0 saturated carbocycles. The van der Waals surface area contributed by atoms with Gasteiger partial charge in [0.15, 0.2) is 0 Å². The molecule has 5 heteroatoms. The molecule has 0 unspecified atom stereocenters. The maximum atomic E-state index is 4.66. The summed E-state index contributed by atoms with van der Waals surface area (Å²) in [5, 5.41) is 3.07. The molecule has 18 heavy (non-hydrogen) atoms. The number of hydrogen-bond donors (Lipinski definition) is 0. The van der Waals surface area contributed by atoms with Crippen LogP contribution in [-0.2, 0) is 7.05 Å². The standard InChI is InChI=1S/C13H10BrN3S/c1-17-8-15-6-12(17)13-16-11(7-18-13)9-2-4-10(14)5-3-9/h2-8H,1H3. The lowest BCUT2D eigenvalue weighted by Gasteiger charge is -1.97. The van der Waals surface area contributed by atoms with E-state index in [4.69, 9.17) is 0 Å². The van der Waals surface area contributed by atoms with E-state index >= 15 is 0 Å². The van der Waals surface area contributed by atoms with Crippen LogP contribution >= 0.6 is 27.3 Å². The fourth-order valence-corrected chi connectivity index (χ4v) is 2.85. The SMILES string of the molecule is Cn1cncc1-c1nc(-c2ccc(Br)cc2)cs1. The highest BCUT2D eigenvalue weighted by Gasteiger charge is 2.09. The first-order valence-corrected chi connectivity index (χ1v) is 7.09. The van der Waals surface area contributed by atoms with Gasteiger partial charge < -0.3 is 4.57 Å². The van der Waals surface area contributed by atoms with Crippen molar-refractivity contribution in [2.24, 2.45) is 7.05 Å². The summed E-state index contributed by atoms with van der Waals surface area (Å²) < 4.78 is 3.05. The average molecular weight is 320 g/mol. The summed E-state index contributed by atoms with van der Waals surface area (Å²) in [6.07, 6.45) is 3.63. The zero-order chi connectivity index (χ0) is 12.5. The van der Waals surface area contributed by atoms with Gasteiger partial charge in [0.05, 0.1) is 23.9 Å².